The van der Waals surface area contributed by atoms with Crippen LogP contribution in [-0.4, -0.2) is 16.9 Å². The first-order valence-corrected chi connectivity index (χ1v) is 7.58. The fourth-order valence-electron chi connectivity index (χ4n) is 2.68. The van der Waals surface area contributed by atoms with Gasteiger partial charge in [-0.2, -0.15) is 0 Å². The number of oxazole rings is 1. The summed E-state index contributed by atoms with van der Waals surface area (Å²) < 4.78 is 5.34. The van der Waals surface area contributed by atoms with Crippen molar-refractivity contribution in [3.05, 3.63) is 17.8 Å². The van der Waals surface area contributed by atoms with E-state index < -0.39 is 0 Å². The Hall–Kier alpha value is -1.36. The molecule has 2 rings (SSSR count). The molecule has 112 valence electrons. The lowest BCUT2D eigenvalue weighted by molar-refractivity contribution is 0.0922. The summed E-state index contributed by atoms with van der Waals surface area (Å²) in [5, 5.41) is 3.03. The average molecular weight is 279 g/mol. The van der Waals surface area contributed by atoms with Crippen LogP contribution in [0.4, 0.5) is 0 Å². The molecule has 1 unspecified atom stereocenters. The Morgan fingerprint density at radius 1 is 1.45 bits per heavy atom. The van der Waals surface area contributed by atoms with E-state index in [1.54, 1.807) is 0 Å². The molecule has 20 heavy (non-hydrogen) atoms. The summed E-state index contributed by atoms with van der Waals surface area (Å²) in [6, 6.07) is 0.0342. The molecule has 5 heteroatoms. The van der Waals surface area contributed by atoms with Crippen molar-refractivity contribution in [1.82, 2.24) is 10.3 Å². The lowest BCUT2D eigenvalue weighted by atomic mass is 9.95. The number of rotatable bonds is 5. The van der Waals surface area contributed by atoms with Gasteiger partial charge in [-0.15, -0.1) is 0 Å². The van der Waals surface area contributed by atoms with E-state index in [1.807, 2.05) is 0 Å². The van der Waals surface area contributed by atoms with Crippen LogP contribution in [0, 0.1) is 5.92 Å². The first-order valence-electron chi connectivity index (χ1n) is 7.58. The Morgan fingerprint density at radius 3 is 2.80 bits per heavy atom. The highest BCUT2D eigenvalue weighted by Crippen LogP contribution is 2.20. The summed E-state index contributed by atoms with van der Waals surface area (Å²) in [4.78, 5) is 16.3. The monoisotopic (exact) mass is 279 g/mol. The van der Waals surface area contributed by atoms with Gasteiger partial charge in [0, 0.05) is 6.04 Å². The first kappa shape index (κ1) is 15.0. The fraction of sp³-hybridized carbons (Fsp3) is 0.733. The number of carbonyl (C=O) groups is 1. The van der Waals surface area contributed by atoms with Gasteiger partial charge in [0.05, 0.1) is 6.04 Å². The number of aromatic nitrogens is 1. The van der Waals surface area contributed by atoms with E-state index in [-0.39, 0.29) is 18.0 Å². The van der Waals surface area contributed by atoms with E-state index >= 15 is 0 Å². The summed E-state index contributed by atoms with van der Waals surface area (Å²) in [6.07, 6.45) is 7.97. The third kappa shape index (κ3) is 4.07. The second-order valence-electron chi connectivity index (χ2n) is 6.12. The normalized spacial score (nSPS) is 18.2. The Labute approximate surface area is 120 Å². The van der Waals surface area contributed by atoms with Crippen LogP contribution in [0.1, 0.15) is 74.8 Å². The van der Waals surface area contributed by atoms with Gasteiger partial charge in [-0.25, -0.2) is 4.98 Å². The summed E-state index contributed by atoms with van der Waals surface area (Å²) in [5.41, 5.74) is 6.34. The zero-order chi connectivity index (χ0) is 14.5. The van der Waals surface area contributed by atoms with Crippen molar-refractivity contribution in [2.75, 3.05) is 0 Å². The standard InChI is InChI=1S/C15H25N3O2/c1-10(2)8-12(16)15-18-13(9-20-15)14(19)17-11-6-4-3-5-7-11/h9-12H,3-8,16H2,1-2H3,(H,17,19). The molecule has 5 nitrogen and oxygen atoms in total. The van der Waals surface area contributed by atoms with Gasteiger partial charge >= 0.3 is 0 Å². The van der Waals surface area contributed by atoms with Crippen LogP contribution in [0.2, 0.25) is 0 Å². The molecule has 0 bridgehead atoms. The van der Waals surface area contributed by atoms with Crippen molar-refractivity contribution in [3.63, 3.8) is 0 Å². The maximum Gasteiger partial charge on any atom is 0.273 e. The van der Waals surface area contributed by atoms with Crippen molar-refractivity contribution in [2.24, 2.45) is 11.7 Å². The molecule has 3 N–H and O–H groups in total. The van der Waals surface area contributed by atoms with Crippen LogP contribution in [-0.2, 0) is 0 Å². The minimum absolute atomic E-state index is 0.149. The van der Waals surface area contributed by atoms with Crippen LogP contribution in [0.5, 0.6) is 0 Å². The molecule has 0 saturated heterocycles. The topological polar surface area (TPSA) is 81.1 Å². The number of hydrogen-bond donors (Lipinski definition) is 2. The summed E-state index contributed by atoms with van der Waals surface area (Å²) >= 11 is 0. The number of amides is 1. The molecule has 1 aliphatic carbocycles. The lowest BCUT2D eigenvalue weighted by Crippen LogP contribution is -2.36. The SMILES string of the molecule is CC(C)CC(N)c1nc(C(=O)NC2CCCCC2)co1. The summed E-state index contributed by atoms with van der Waals surface area (Å²) in [5.74, 6) is 0.771. The Bertz CT molecular complexity index is 436. The maximum absolute atomic E-state index is 12.1. The van der Waals surface area contributed by atoms with Crippen molar-refractivity contribution in [1.29, 1.82) is 0 Å². The third-order valence-corrected chi connectivity index (χ3v) is 3.74. The zero-order valence-corrected chi connectivity index (χ0v) is 12.4. The zero-order valence-electron chi connectivity index (χ0n) is 12.4. The second-order valence-corrected chi connectivity index (χ2v) is 6.12. The molecule has 1 fully saturated rings. The molecule has 1 heterocycles. The average Bonchev–Trinajstić information content (AvgIpc) is 2.89. The molecular formula is C15H25N3O2. The van der Waals surface area contributed by atoms with E-state index in [0.29, 0.717) is 17.5 Å². The van der Waals surface area contributed by atoms with Gasteiger partial charge in [-0.1, -0.05) is 33.1 Å². The number of nitrogens with two attached hydrogens (primary N) is 1. The van der Waals surface area contributed by atoms with Crippen molar-refractivity contribution < 1.29 is 9.21 Å². The predicted molar refractivity (Wildman–Crippen MR) is 77.2 cm³/mol. The first-order chi connectivity index (χ1) is 9.56. The van der Waals surface area contributed by atoms with Crippen LogP contribution in [0.3, 0.4) is 0 Å². The molecule has 1 aromatic rings. The van der Waals surface area contributed by atoms with Crippen LogP contribution < -0.4 is 11.1 Å². The number of carbonyl (C=O) groups excluding carboxylic acids is 1. The van der Waals surface area contributed by atoms with Crippen molar-refractivity contribution in [3.8, 4) is 0 Å². The highest BCUT2D eigenvalue weighted by atomic mass is 16.3. The molecule has 0 aromatic carbocycles. The fourth-order valence-corrected chi connectivity index (χ4v) is 2.68. The minimum Gasteiger partial charge on any atom is -0.446 e. The molecule has 1 amide bonds. The Kier molecular flexibility index (Phi) is 5.17. The van der Waals surface area contributed by atoms with E-state index in [0.717, 1.165) is 19.3 Å². The van der Waals surface area contributed by atoms with Crippen LogP contribution in [0.15, 0.2) is 10.7 Å². The summed E-state index contributed by atoms with van der Waals surface area (Å²) in [7, 11) is 0. The summed E-state index contributed by atoms with van der Waals surface area (Å²) in [6.45, 7) is 4.19. The predicted octanol–water partition coefficient (Wildman–Crippen LogP) is 2.78. The van der Waals surface area contributed by atoms with Crippen LogP contribution in [0.25, 0.3) is 0 Å². The molecular weight excluding hydrogens is 254 g/mol. The van der Waals surface area contributed by atoms with Gasteiger partial charge in [0.15, 0.2) is 5.69 Å². The van der Waals surface area contributed by atoms with Gasteiger partial charge in [0.1, 0.15) is 6.26 Å². The van der Waals surface area contributed by atoms with E-state index in [9.17, 15) is 4.79 Å². The number of nitrogens with one attached hydrogen (secondary N) is 1. The molecule has 1 aliphatic rings. The van der Waals surface area contributed by atoms with Gasteiger partial charge in [-0.05, 0) is 25.2 Å². The number of nitrogens with zero attached hydrogens (tertiary/aromatic N) is 1. The molecule has 1 saturated carbocycles. The quantitative estimate of drug-likeness (QED) is 0.868. The second kappa shape index (κ2) is 6.88. The van der Waals surface area contributed by atoms with E-state index in [2.05, 4.69) is 24.1 Å². The molecule has 0 spiro atoms. The highest BCUT2D eigenvalue weighted by Gasteiger charge is 2.21. The van der Waals surface area contributed by atoms with Gasteiger partial charge in [-0.3, -0.25) is 4.79 Å². The Balaban J connectivity index is 1.92. The molecule has 0 aliphatic heterocycles. The molecule has 1 aromatic heterocycles. The number of hydrogen-bond acceptors (Lipinski definition) is 4. The van der Waals surface area contributed by atoms with Crippen LogP contribution >= 0.6 is 0 Å². The van der Waals surface area contributed by atoms with Gasteiger partial charge < -0.3 is 15.5 Å². The maximum atomic E-state index is 12.1. The largest absolute Gasteiger partial charge is 0.446 e. The third-order valence-electron chi connectivity index (χ3n) is 3.74. The van der Waals surface area contributed by atoms with E-state index in [4.69, 9.17) is 10.2 Å². The Morgan fingerprint density at radius 2 is 2.15 bits per heavy atom. The van der Waals surface area contributed by atoms with Gasteiger partial charge in [0.2, 0.25) is 5.89 Å². The van der Waals surface area contributed by atoms with Gasteiger partial charge in [0.25, 0.3) is 5.91 Å². The smallest absolute Gasteiger partial charge is 0.273 e. The minimum atomic E-state index is -0.244. The molecule has 0 radical (unpaired) electrons. The van der Waals surface area contributed by atoms with Crippen molar-refractivity contribution >= 4 is 5.91 Å². The highest BCUT2D eigenvalue weighted by molar-refractivity contribution is 5.92. The molecule has 1 atom stereocenters. The van der Waals surface area contributed by atoms with E-state index in [1.165, 1.54) is 25.5 Å². The lowest BCUT2D eigenvalue weighted by Gasteiger charge is -2.22. The van der Waals surface area contributed by atoms with Crippen molar-refractivity contribution in [2.45, 2.75) is 64.5 Å².